The third-order valence-corrected chi connectivity index (χ3v) is 3.01. The van der Waals surface area contributed by atoms with E-state index in [1.165, 1.54) is 6.92 Å². The molecule has 80 valence electrons. The molecule has 0 spiro atoms. The summed E-state index contributed by atoms with van der Waals surface area (Å²) in [4.78, 5) is 11.0. The van der Waals surface area contributed by atoms with Crippen molar-refractivity contribution in [1.82, 2.24) is 5.12 Å². The lowest BCUT2D eigenvalue weighted by atomic mass is 9.98. The number of rotatable bonds is 1. The fourth-order valence-corrected chi connectivity index (χ4v) is 2.30. The van der Waals surface area contributed by atoms with Crippen LogP contribution in [-0.2, 0) is 17.6 Å². The highest BCUT2D eigenvalue weighted by Gasteiger charge is 2.40. The van der Waals surface area contributed by atoms with E-state index in [-0.39, 0.29) is 0 Å². The number of fused-ring (bicyclic) bond motifs is 1. The molecule has 0 atom stereocenters. The van der Waals surface area contributed by atoms with E-state index in [1.807, 2.05) is 24.3 Å². The fourth-order valence-electron chi connectivity index (χ4n) is 2.30. The van der Waals surface area contributed by atoms with Crippen molar-refractivity contribution in [1.29, 1.82) is 0 Å². The second kappa shape index (κ2) is 3.33. The minimum absolute atomic E-state index is 0.368. The molecule has 1 amide bonds. The van der Waals surface area contributed by atoms with Gasteiger partial charge in [0, 0.05) is 6.92 Å². The highest BCUT2D eigenvalue weighted by atomic mass is 19.2. The lowest BCUT2D eigenvalue weighted by Crippen LogP contribution is -2.44. The van der Waals surface area contributed by atoms with E-state index in [9.17, 15) is 9.28 Å². The van der Waals surface area contributed by atoms with Crippen molar-refractivity contribution in [3.8, 4) is 0 Å². The minimum Gasteiger partial charge on any atom is -0.273 e. The number of carbonyl (C=O) groups excluding carboxylic acids is 1. The molecule has 0 aliphatic heterocycles. The lowest BCUT2D eigenvalue weighted by Gasteiger charge is -2.29. The van der Waals surface area contributed by atoms with Gasteiger partial charge in [-0.15, -0.1) is 0 Å². The van der Waals surface area contributed by atoms with Gasteiger partial charge in [0.25, 0.3) is 0 Å². The van der Waals surface area contributed by atoms with Gasteiger partial charge in [-0.25, -0.2) is 0 Å². The Bertz CT molecular complexity index is 377. The van der Waals surface area contributed by atoms with Crippen LogP contribution in [0.25, 0.3) is 0 Å². The Kier molecular flexibility index (Phi) is 2.25. The SMILES string of the molecule is CC(=O)N(F)C1(C)Cc2ccccc2C1. The minimum atomic E-state index is -0.699. The fraction of sp³-hybridized carbons (Fsp3) is 0.417. The average Bonchev–Trinajstić information content (AvgIpc) is 2.54. The molecule has 1 aromatic rings. The summed E-state index contributed by atoms with van der Waals surface area (Å²) >= 11 is 0. The van der Waals surface area contributed by atoms with Gasteiger partial charge in [-0.1, -0.05) is 28.7 Å². The third-order valence-electron chi connectivity index (χ3n) is 3.01. The van der Waals surface area contributed by atoms with Crippen molar-refractivity contribution in [3.63, 3.8) is 0 Å². The monoisotopic (exact) mass is 207 g/mol. The third kappa shape index (κ3) is 1.62. The van der Waals surface area contributed by atoms with Crippen LogP contribution in [0.4, 0.5) is 4.48 Å². The molecule has 1 aliphatic rings. The van der Waals surface area contributed by atoms with Gasteiger partial charge < -0.3 is 0 Å². The van der Waals surface area contributed by atoms with Crippen LogP contribution in [0.15, 0.2) is 24.3 Å². The number of hydrogen-bond donors (Lipinski definition) is 0. The molecular formula is C12H14FNO. The zero-order valence-corrected chi connectivity index (χ0v) is 8.96. The van der Waals surface area contributed by atoms with Crippen molar-refractivity contribution < 1.29 is 9.28 Å². The molecule has 0 fully saturated rings. The molecule has 0 N–H and O–H groups in total. The second-order valence-corrected chi connectivity index (χ2v) is 4.42. The smallest absolute Gasteiger partial charge is 0.247 e. The summed E-state index contributed by atoms with van der Waals surface area (Å²) in [5, 5.41) is 0.368. The normalized spacial score (nSPS) is 17.3. The summed E-state index contributed by atoms with van der Waals surface area (Å²) in [6.07, 6.45) is 1.19. The Labute approximate surface area is 88.6 Å². The molecule has 1 aromatic carbocycles. The molecule has 15 heavy (non-hydrogen) atoms. The van der Waals surface area contributed by atoms with Gasteiger partial charge >= 0.3 is 0 Å². The van der Waals surface area contributed by atoms with Crippen molar-refractivity contribution in [2.24, 2.45) is 0 Å². The first kappa shape index (κ1) is 10.1. The van der Waals surface area contributed by atoms with Gasteiger partial charge in [0.15, 0.2) is 0 Å². The molecule has 0 aromatic heterocycles. The summed E-state index contributed by atoms with van der Waals surface area (Å²) in [7, 11) is 0. The quantitative estimate of drug-likeness (QED) is 0.647. The van der Waals surface area contributed by atoms with Gasteiger partial charge in [0.05, 0.1) is 5.54 Å². The second-order valence-electron chi connectivity index (χ2n) is 4.42. The number of benzene rings is 1. The van der Waals surface area contributed by atoms with E-state index in [4.69, 9.17) is 0 Å². The van der Waals surface area contributed by atoms with Gasteiger partial charge in [0.1, 0.15) is 0 Å². The van der Waals surface area contributed by atoms with E-state index in [0.717, 1.165) is 11.1 Å². The van der Waals surface area contributed by atoms with Gasteiger partial charge in [-0.2, -0.15) is 5.12 Å². The summed E-state index contributed by atoms with van der Waals surface area (Å²) in [6, 6.07) is 7.88. The molecule has 1 aliphatic carbocycles. The molecule has 2 rings (SSSR count). The lowest BCUT2D eigenvalue weighted by molar-refractivity contribution is -0.158. The molecule has 0 radical (unpaired) electrons. The molecule has 0 saturated heterocycles. The van der Waals surface area contributed by atoms with Crippen molar-refractivity contribution >= 4 is 5.91 Å². The number of hydrogen-bond acceptors (Lipinski definition) is 1. The van der Waals surface area contributed by atoms with E-state index < -0.39 is 11.4 Å². The van der Waals surface area contributed by atoms with Crippen LogP contribution < -0.4 is 0 Å². The molecule has 0 saturated carbocycles. The summed E-state index contributed by atoms with van der Waals surface area (Å²) < 4.78 is 13.7. The number of nitrogens with zero attached hydrogens (tertiary/aromatic N) is 1. The Morgan fingerprint density at radius 2 is 1.80 bits per heavy atom. The highest BCUT2D eigenvalue weighted by molar-refractivity contribution is 5.73. The predicted octanol–water partition coefficient (Wildman–Crippen LogP) is 2.28. The van der Waals surface area contributed by atoms with E-state index >= 15 is 0 Å². The number of amides is 1. The van der Waals surface area contributed by atoms with Crippen LogP contribution in [0.5, 0.6) is 0 Å². The zero-order chi connectivity index (χ0) is 11.1. The van der Waals surface area contributed by atoms with Crippen molar-refractivity contribution in [2.75, 3.05) is 0 Å². The Balaban J connectivity index is 2.28. The van der Waals surface area contributed by atoms with E-state index in [2.05, 4.69) is 0 Å². The summed E-state index contributed by atoms with van der Waals surface area (Å²) in [6.45, 7) is 3.04. The highest BCUT2D eigenvalue weighted by Crippen LogP contribution is 2.34. The van der Waals surface area contributed by atoms with Crippen LogP contribution in [0.1, 0.15) is 25.0 Å². The van der Waals surface area contributed by atoms with Gasteiger partial charge in [-0.3, -0.25) is 4.79 Å². The average molecular weight is 207 g/mol. The first-order valence-electron chi connectivity index (χ1n) is 5.06. The van der Waals surface area contributed by atoms with Crippen molar-refractivity contribution in [2.45, 2.75) is 32.2 Å². The maximum absolute atomic E-state index is 13.7. The molecular weight excluding hydrogens is 193 g/mol. The Morgan fingerprint density at radius 1 is 1.33 bits per heavy atom. The van der Waals surface area contributed by atoms with Crippen LogP contribution in [0.2, 0.25) is 0 Å². The molecule has 0 heterocycles. The maximum Gasteiger partial charge on any atom is 0.247 e. The van der Waals surface area contributed by atoms with Gasteiger partial charge in [-0.05, 0) is 30.9 Å². The molecule has 2 nitrogen and oxygen atoms in total. The number of halogens is 1. The predicted molar refractivity (Wildman–Crippen MR) is 55.9 cm³/mol. The summed E-state index contributed by atoms with van der Waals surface area (Å²) in [5.74, 6) is -0.523. The van der Waals surface area contributed by atoms with Crippen LogP contribution in [-0.4, -0.2) is 16.6 Å². The van der Waals surface area contributed by atoms with Crippen LogP contribution >= 0.6 is 0 Å². The van der Waals surface area contributed by atoms with Crippen molar-refractivity contribution in [3.05, 3.63) is 35.4 Å². The van der Waals surface area contributed by atoms with Gasteiger partial charge in [0.2, 0.25) is 5.91 Å². The Morgan fingerprint density at radius 3 is 2.20 bits per heavy atom. The number of carbonyl (C=O) groups is 1. The summed E-state index contributed by atoms with van der Waals surface area (Å²) in [5.41, 5.74) is 1.59. The molecule has 3 heteroatoms. The molecule has 0 unspecified atom stereocenters. The Hall–Kier alpha value is -1.38. The first-order chi connectivity index (χ1) is 7.03. The van der Waals surface area contributed by atoms with E-state index in [1.54, 1.807) is 6.92 Å². The first-order valence-corrected chi connectivity index (χ1v) is 5.06. The van der Waals surface area contributed by atoms with Crippen LogP contribution in [0.3, 0.4) is 0 Å². The zero-order valence-electron chi connectivity index (χ0n) is 8.96. The topological polar surface area (TPSA) is 20.3 Å². The molecule has 0 bridgehead atoms. The standard InChI is InChI=1S/C12H14FNO/c1-9(15)14(13)12(2)7-10-5-3-4-6-11(10)8-12/h3-6H,7-8H2,1-2H3. The maximum atomic E-state index is 13.7. The largest absolute Gasteiger partial charge is 0.273 e. The van der Waals surface area contributed by atoms with Crippen LogP contribution in [0, 0.1) is 0 Å². The van der Waals surface area contributed by atoms with E-state index in [0.29, 0.717) is 18.0 Å².